The van der Waals surface area contributed by atoms with Crippen LogP contribution in [-0.2, 0) is 16.4 Å². The Kier molecular flexibility index (Phi) is 6.14. The molecular weight excluding hydrogens is 497 g/mol. The summed E-state index contributed by atoms with van der Waals surface area (Å²) in [6.45, 7) is 2.05. The minimum absolute atomic E-state index is 0.0130. The van der Waals surface area contributed by atoms with Gasteiger partial charge < -0.3 is 5.11 Å². The first-order valence-corrected chi connectivity index (χ1v) is 12.7. The van der Waals surface area contributed by atoms with E-state index in [9.17, 15) is 22.7 Å². The molecule has 0 unspecified atom stereocenters. The molecular formula is C26H20FN5O4S. The summed E-state index contributed by atoms with van der Waals surface area (Å²) in [6, 6.07) is 15.9. The first-order chi connectivity index (χ1) is 17.7. The van der Waals surface area contributed by atoms with Crippen molar-refractivity contribution >= 4 is 32.7 Å². The molecule has 5 rings (SSSR count). The summed E-state index contributed by atoms with van der Waals surface area (Å²) in [5, 5.41) is 17.5. The predicted octanol–water partition coefficient (Wildman–Crippen LogP) is 4.89. The number of aryl methyl sites for hydroxylation is 1. The van der Waals surface area contributed by atoms with Crippen LogP contribution in [0.15, 0.2) is 78.0 Å². The van der Waals surface area contributed by atoms with E-state index >= 15 is 0 Å². The molecule has 0 amide bonds. The Morgan fingerprint density at radius 3 is 2.38 bits per heavy atom. The second kappa shape index (κ2) is 9.43. The summed E-state index contributed by atoms with van der Waals surface area (Å²) in [4.78, 5) is 20.2. The number of anilines is 1. The van der Waals surface area contributed by atoms with Crippen molar-refractivity contribution in [3.05, 3.63) is 90.0 Å². The minimum Gasteiger partial charge on any atom is -0.478 e. The third-order valence-electron chi connectivity index (χ3n) is 5.82. The molecule has 0 saturated carbocycles. The number of H-pyrrole nitrogens is 1. The van der Waals surface area contributed by atoms with Crippen LogP contribution in [0, 0.1) is 5.82 Å². The largest absolute Gasteiger partial charge is 0.478 e. The van der Waals surface area contributed by atoms with Crippen molar-refractivity contribution in [3.8, 4) is 22.5 Å². The second-order valence-corrected chi connectivity index (χ2v) is 9.91. The number of carboxylic acid groups (broad SMARTS) is 1. The number of nitrogens with one attached hydrogen (secondary N) is 2. The Morgan fingerprint density at radius 2 is 1.73 bits per heavy atom. The van der Waals surface area contributed by atoms with Gasteiger partial charge in [-0.3, -0.25) is 14.8 Å². The molecule has 0 bridgehead atoms. The van der Waals surface area contributed by atoms with Crippen molar-refractivity contribution < 1.29 is 22.7 Å². The van der Waals surface area contributed by atoms with Gasteiger partial charge in [0.25, 0.3) is 10.0 Å². The zero-order valence-corrected chi connectivity index (χ0v) is 20.3. The number of rotatable bonds is 7. The number of hydrogen-bond acceptors (Lipinski definition) is 6. The van der Waals surface area contributed by atoms with Crippen molar-refractivity contribution in [2.75, 3.05) is 4.72 Å². The fourth-order valence-electron chi connectivity index (χ4n) is 3.94. The Labute approximate surface area is 211 Å². The van der Waals surface area contributed by atoms with E-state index in [-0.39, 0.29) is 21.8 Å². The third kappa shape index (κ3) is 4.76. The number of nitrogens with zero attached hydrogens (tertiary/aromatic N) is 3. The molecule has 0 aliphatic carbocycles. The maximum Gasteiger partial charge on any atom is 0.336 e. The molecule has 0 saturated heterocycles. The summed E-state index contributed by atoms with van der Waals surface area (Å²) >= 11 is 0. The number of aromatic carboxylic acids is 1. The molecule has 3 N–H and O–H groups in total. The molecule has 3 aromatic heterocycles. The zero-order valence-electron chi connectivity index (χ0n) is 19.4. The lowest BCUT2D eigenvalue weighted by molar-refractivity contribution is 0.0699. The molecule has 3 heterocycles. The van der Waals surface area contributed by atoms with Gasteiger partial charge in [0.15, 0.2) is 5.65 Å². The normalized spacial score (nSPS) is 11.5. The Balaban J connectivity index is 1.50. The highest BCUT2D eigenvalue weighted by molar-refractivity contribution is 7.92. The van der Waals surface area contributed by atoms with E-state index in [0.717, 1.165) is 29.8 Å². The number of pyridine rings is 2. The van der Waals surface area contributed by atoms with Crippen LogP contribution >= 0.6 is 0 Å². The number of halogens is 1. The summed E-state index contributed by atoms with van der Waals surface area (Å²) in [5.74, 6) is -1.82. The van der Waals surface area contributed by atoms with Crippen LogP contribution in [0.3, 0.4) is 0 Å². The van der Waals surface area contributed by atoms with E-state index < -0.39 is 21.8 Å². The van der Waals surface area contributed by atoms with Crippen molar-refractivity contribution in [2.45, 2.75) is 18.2 Å². The molecule has 0 spiro atoms. The van der Waals surface area contributed by atoms with Crippen LogP contribution < -0.4 is 4.72 Å². The van der Waals surface area contributed by atoms with E-state index in [0.29, 0.717) is 22.3 Å². The van der Waals surface area contributed by atoms with Crippen LogP contribution in [0.25, 0.3) is 33.5 Å². The summed E-state index contributed by atoms with van der Waals surface area (Å²) in [6.07, 6.45) is 3.04. The molecule has 9 nitrogen and oxygen atoms in total. The molecule has 37 heavy (non-hydrogen) atoms. The van der Waals surface area contributed by atoms with Gasteiger partial charge in [0.1, 0.15) is 5.82 Å². The second-order valence-electron chi connectivity index (χ2n) is 8.23. The lowest BCUT2D eigenvalue weighted by Crippen LogP contribution is -2.13. The van der Waals surface area contributed by atoms with E-state index in [2.05, 4.69) is 31.8 Å². The Hall–Kier alpha value is -4.64. The van der Waals surface area contributed by atoms with Gasteiger partial charge in [-0.05, 0) is 30.2 Å². The number of aromatic amines is 1. The third-order valence-corrected chi connectivity index (χ3v) is 7.22. The number of carboxylic acids is 1. The fourth-order valence-corrected chi connectivity index (χ4v) is 4.98. The molecule has 0 fully saturated rings. The molecule has 2 aromatic carbocycles. The maximum atomic E-state index is 13.4. The standard InChI is InChI=1S/C26H20FN5O4S/c1-2-15-3-5-17(6-4-15)24-23-21(26(33)34)12-22(29-25(23)31-30-24)16-7-9-20(10-8-16)37(35,36)32-19-11-18(27)13-28-14-19/h3-14,32H,2H2,1H3,(H,33,34)(H,29,30,31). The Morgan fingerprint density at radius 1 is 1.03 bits per heavy atom. The fraction of sp³-hybridized carbons (Fsp3) is 0.0769. The lowest BCUT2D eigenvalue weighted by Gasteiger charge is -2.09. The van der Waals surface area contributed by atoms with Crippen molar-refractivity contribution in [1.82, 2.24) is 20.2 Å². The van der Waals surface area contributed by atoms with Gasteiger partial charge in [0, 0.05) is 17.2 Å². The first kappa shape index (κ1) is 24.1. The van der Waals surface area contributed by atoms with Gasteiger partial charge in [-0.25, -0.2) is 22.6 Å². The van der Waals surface area contributed by atoms with Crippen LogP contribution in [0.1, 0.15) is 22.8 Å². The van der Waals surface area contributed by atoms with Gasteiger partial charge in [-0.2, -0.15) is 5.10 Å². The van der Waals surface area contributed by atoms with E-state index in [1.54, 1.807) is 0 Å². The number of benzene rings is 2. The van der Waals surface area contributed by atoms with E-state index in [1.165, 1.54) is 36.5 Å². The molecule has 0 aliphatic rings. The average Bonchev–Trinajstić information content (AvgIpc) is 3.32. The molecule has 5 aromatic rings. The van der Waals surface area contributed by atoms with Crippen molar-refractivity contribution in [2.24, 2.45) is 0 Å². The highest BCUT2D eigenvalue weighted by atomic mass is 32.2. The minimum atomic E-state index is -4.01. The van der Waals surface area contributed by atoms with Crippen LogP contribution in [0.2, 0.25) is 0 Å². The van der Waals surface area contributed by atoms with Crippen LogP contribution in [0.4, 0.5) is 10.1 Å². The highest BCUT2D eigenvalue weighted by Gasteiger charge is 2.21. The number of aromatic nitrogens is 4. The molecule has 186 valence electrons. The molecule has 0 atom stereocenters. The Bertz CT molecular complexity index is 1730. The number of hydrogen-bond donors (Lipinski definition) is 3. The topological polar surface area (TPSA) is 138 Å². The first-order valence-electron chi connectivity index (χ1n) is 11.2. The van der Waals surface area contributed by atoms with Crippen molar-refractivity contribution in [3.63, 3.8) is 0 Å². The van der Waals surface area contributed by atoms with Crippen LogP contribution in [0.5, 0.6) is 0 Å². The molecule has 0 aliphatic heterocycles. The summed E-state index contributed by atoms with van der Waals surface area (Å²) < 4.78 is 41.0. The van der Waals surface area contributed by atoms with Gasteiger partial charge >= 0.3 is 5.97 Å². The SMILES string of the molecule is CCc1ccc(-c2[nH]nc3nc(-c4ccc(S(=O)(=O)Nc5cncc(F)c5)cc4)cc(C(=O)O)c23)cc1. The summed E-state index contributed by atoms with van der Waals surface area (Å²) in [5.41, 5.74) is 3.52. The highest BCUT2D eigenvalue weighted by Crippen LogP contribution is 2.32. The quantitative estimate of drug-likeness (QED) is 0.279. The van der Waals surface area contributed by atoms with Crippen LogP contribution in [-0.4, -0.2) is 39.7 Å². The number of sulfonamides is 1. The van der Waals surface area contributed by atoms with Crippen molar-refractivity contribution in [1.29, 1.82) is 0 Å². The van der Waals surface area contributed by atoms with E-state index in [1.807, 2.05) is 24.3 Å². The monoisotopic (exact) mass is 517 g/mol. The van der Waals surface area contributed by atoms with Gasteiger partial charge in [0.2, 0.25) is 0 Å². The summed E-state index contributed by atoms with van der Waals surface area (Å²) in [7, 11) is -4.01. The van der Waals surface area contributed by atoms with E-state index in [4.69, 9.17) is 0 Å². The van der Waals surface area contributed by atoms with Gasteiger partial charge in [-0.15, -0.1) is 0 Å². The molecule has 11 heteroatoms. The number of carbonyl (C=O) groups is 1. The predicted molar refractivity (Wildman–Crippen MR) is 136 cm³/mol. The maximum absolute atomic E-state index is 13.4. The number of fused-ring (bicyclic) bond motifs is 1. The molecule has 0 radical (unpaired) electrons. The smallest absolute Gasteiger partial charge is 0.336 e. The zero-order chi connectivity index (χ0) is 26.2. The lowest BCUT2D eigenvalue weighted by atomic mass is 10.0. The van der Waals surface area contributed by atoms with Gasteiger partial charge in [-0.1, -0.05) is 43.3 Å². The average molecular weight is 518 g/mol. The van der Waals surface area contributed by atoms with Gasteiger partial charge in [0.05, 0.1) is 45.3 Å².